The minimum absolute atomic E-state index is 0.0250. The smallest absolute Gasteiger partial charge is 0.278 e. The monoisotopic (exact) mass is 369 g/mol. The van der Waals surface area contributed by atoms with E-state index in [2.05, 4.69) is 10.5 Å². The zero-order chi connectivity index (χ0) is 18.4. The Morgan fingerprint density at radius 3 is 2.69 bits per heavy atom. The van der Waals surface area contributed by atoms with Gasteiger partial charge < -0.3 is 4.74 Å². The van der Waals surface area contributed by atoms with Crippen molar-refractivity contribution < 1.29 is 14.3 Å². The molecule has 0 bridgehead atoms. The second kappa shape index (κ2) is 8.53. The van der Waals surface area contributed by atoms with Crippen molar-refractivity contribution in [3.8, 4) is 5.75 Å². The standard InChI is InChI=1S/C19H19N3O3S/c1-14-7-5-6-10-16(14)25-12-17(23)20-21-19-22(18(24)13-26-19)11-15-8-3-2-4-9-15/h2-10H,11-13H2,1H3,(H,20,23). The lowest BCUT2D eigenvalue weighted by Crippen LogP contribution is -2.32. The van der Waals surface area contributed by atoms with Crippen LogP contribution in [0.1, 0.15) is 11.1 Å². The Kier molecular flexibility index (Phi) is 5.91. The Labute approximate surface area is 156 Å². The molecule has 0 aromatic heterocycles. The van der Waals surface area contributed by atoms with Crippen LogP contribution in [-0.4, -0.2) is 34.2 Å². The van der Waals surface area contributed by atoms with Gasteiger partial charge in [-0.25, -0.2) is 5.43 Å². The molecule has 6 nitrogen and oxygen atoms in total. The number of ether oxygens (including phenoxy) is 1. The first kappa shape index (κ1) is 18.0. The molecule has 0 unspecified atom stereocenters. The van der Waals surface area contributed by atoms with Gasteiger partial charge in [0.15, 0.2) is 11.8 Å². The van der Waals surface area contributed by atoms with Crippen LogP contribution >= 0.6 is 11.8 Å². The fourth-order valence-electron chi connectivity index (χ4n) is 2.41. The fourth-order valence-corrected chi connectivity index (χ4v) is 3.25. The number of benzene rings is 2. The Balaban J connectivity index is 1.57. The molecule has 2 aromatic carbocycles. The van der Waals surface area contributed by atoms with Gasteiger partial charge in [-0.2, -0.15) is 0 Å². The van der Waals surface area contributed by atoms with Gasteiger partial charge in [0.25, 0.3) is 5.91 Å². The van der Waals surface area contributed by atoms with Gasteiger partial charge in [0.2, 0.25) is 5.91 Å². The van der Waals surface area contributed by atoms with Crippen molar-refractivity contribution in [3.05, 3.63) is 65.7 Å². The Hall–Kier alpha value is -2.80. The van der Waals surface area contributed by atoms with Crippen molar-refractivity contribution in [2.75, 3.05) is 12.4 Å². The molecule has 0 aliphatic carbocycles. The molecule has 0 spiro atoms. The number of hydrogen-bond acceptors (Lipinski definition) is 5. The van der Waals surface area contributed by atoms with Gasteiger partial charge in [-0.1, -0.05) is 60.3 Å². The number of carbonyl (C=O) groups is 2. The number of amidine groups is 1. The number of para-hydroxylation sites is 1. The van der Waals surface area contributed by atoms with Crippen molar-refractivity contribution in [2.24, 2.45) is 5.10 Å². The van der Waals surface area contributed by atoms with Crippen molar-refractivity contribution in [2.45, 2.75) is 13.5 Å². The summed E-state index contributed by atoms with van der Waals surface area (Å²) in [4.78, 5) is 25.6. The summed E-state index contributed by atoms with van der Waals surface area (Å²) in [5.41, 5.74) is 4.42. The Morgan fingerprint density at radius 2 is 1.92 bits per heavy atom. The Morgan fingerprint density at radius 1 is 1.19 bits per heavy atom. The summed E-state index contributed by atoms with van der Waals surface area (Å²) in [6.45, 7) is 2.20. The highest BCUT2D eigenvalue weighted by Crippen LogP contribution is 2.21. The van der Waals surface area contributed by atoms with E-state index in [0.717, 1.165) is 11.1 Å². The molecule has 1 heterocycles. The van der Waals surface area contributed by atoms with E-state index < -0.39 is 0 Å². The van der Waals surface area contributed by atoms with Gasteiger partial charge >= 0.3 is 0 Å². The number of nitrogens with zero attached hydrogens (tertiary/aromatic N) is 2. The molecule has 0 radical (unpaired) electrons. The minimum atomic E-state index is -0.375. The first-order valence-electron chi connectivity index (χ1n) is 8.15. The first-order chi connectivity index (χ1) is 12.6. The van der Waals surface area contributed by atoms with Gasteiger partial charge in [-0.15, -0.1) is 5.10 Å². The molecule has 1 N–H and O–H groups in total. The van der Waals surface area contributed by atoms with E-state index in [4.69, 9.17) is 4.74 Å². The number of hydrogen-bond donors (Lipinski definition) is 1. The average molecular weight is 369 g/mol. The molecule has 1 fully saturated rings. The number of amides is 2. The van der Waals surface area contributed by atoms with Gasteiger partial charge in [0, 0.05) is 0 Å². The van der Waals surface area contributed by atoms with E-state index in [1.54, 1.807) is 4.90 Å². The quantitative estimate of drug-likeness (QED) is 0.795. The molecule has 1 aliphatic heterocycles. The first-order valence-corrected chi connectivity index (χ1v) is 9.14. The molecule has 1 aliphatic rings. The van der Waals surface area contributed by atoms with Crippen LogP contribution < -0.4 is 10.2 Å². The summed E-state index contributed by atoms with van der Waals surface area (Å²) < 4.78 is 5.49. The number of rotatable bonds is 6. The van der Waals surface area contributed by atoms with Crippen LogP contribution in [0.2, 0.25) is 0 Å². The molecule has 7 heteroatoms. The van der Waals surface area contributed by atoms with Crippen molar-refractivity contribution in [1.29, 1.82) is 0 Å². The second-order valence-electron chi connectivity index (χ2n) is 5.74. The van der Waals surface area contributed by atoms with Crippen LogP contribution in [0.3, 0.4) is 0 Å². The Bertz CT molecular complexity index is 824. The predicted molar refractivity (Wildman–Crippen MR) is 102 cm³/mol. The highest BCUT2D eigenvalue weighted by molar-refractivity contribution is 8.15. The fraction of sp³-hybridized carbons (Fsp3) is 0.211. The maximum atomic E-state index is 12.1. The maximum Gasteiger partial charge on any atom is 0.278 e. The van der Waals surface area contributed by atoms with E-state index in [-0.39, 0.29) is 18.4 Å². The van der Waals surface area contributed by atoms with Crippen molar-refractivity contribution >= 4 is 28.7 Å². The van der Waals surface area contributed by atoms with E-state index in [1.165, 1.54) is 11.8 Å². The third-order valence-electron chi connectivity index (χ3n) is 3.77. The summed E-state index contributed by atoms with van der Waals surface area (Å²) in [6, 6.07) is 17.1. The zero-order valence-electron chi connectivity index (χ0n) is 14.3. The molecule has 26 heavy (non-hydrogen) atoms. The van der Waals surface area contributed by atoms with Crippen LogP contribution in [0.4, 0.5) is 0 Å². The summed E-state index contributed by atoms with van der Waals surface area (Å²) in [5.74, 6) is 0.580. The van der Waals surface area contributed by atoms with E-state index in [1.807, 2.05) is 61.5 Å². The number of thioether (sulfide) groups is 1. The van der Waals surface area contributed by atoms with E-state index in [9.17, 15) is 9.59 Å². The summed E-state index contributed by atoms with van der Waals surface area (Å²) in [5, 5.41) is 4.58. The number of aryl methyl sites for hydroxylation is 1. The van der Waals surface area contributed by atoms with Crippen LogP contribution in [-0.2, 0) is 16.1 Å². The molecular formula is C19H19N3O3S. The summed E-state index contributed by atoms with van der Waals surface area (Å²) >= 11 is 1.31. The minimum Gasteiger partial charge on any atom is -0.483 e. The topological polar surface area (TPSA) is 71.0 Å². The highest BCUT2D eigenvalue weighted by atomic mass is 32.2. The van der Waals surface area contributed by atoms with Gasteiger partial charge in [-0.3, -0.25) is 14.5 Å². The zero-order valence-corrected chi connectivity index (χ0v) is 15.2. The number of carbonyl (C=O) groups excluding carboxylic acids is 2. The van der Waals surface area contributed by atoms with E-state index in [0.29, 0.717) is 23.2 Å². The molecule has 134 valence electrons. The van der Waals surface area contributed by atoms with Gasteiger partial charge in [0.1, 0.15) is 5.75 Å². The molecule has 3 rings (SSSR count). The van der Waals surface area contributed by atoms with Crippen LogP contribution in [0.25, 0.3) is 0 Å². The van der Waals surface area contributed by atoms with Gasteiger partial charge in [-0.05, 0) is 24.1 Å². The van der Waals surface area contributed by atoms with Crippen molar-refractivity contribution in [3.63, 3.8) is 0 Å². The van der Waals surface area contributed by atoms with Crippen LogP contribution in [0.15, 0.2) is 59.7 Å². The number of hydrazone groups is 1. The number of nitrogens with one attached hydrogen (secondary N) is 1. The lowest BCUT2D eigenvalue weighted by Gasteiger charge is -2.16. The lowest BCUT2D eigenvalue weighted by molar-refractivity contribution is -0.125. The molecule has 2 amide bonds. The average Bonchev–Trinajstić information content (AvgIpc) is 3.00. The molecule has 1 saturated heterocycles. The summed E-state index contributed by atoms with van der Waals surface area (Å²) in [6.07, 6.45) is 0. The molecule has 0 atom stereocenters. The molecule has 2 aromatic rings. The van der Waals surface area contributed by atoms with E-state index >= 15 is 0 Å². The van der Waals surface area contributed by atoms with Crippen LogP contribution in [0, 0.1) is 6.92 Å². The third-order valence-corrected chi connectivity index (χ3v) is 4.73. The molecular weight excluding hydrogens is 350 g/mol. The maximum absolute atomic E-state index is 12.1. The largest absolute Gasteiger partial charge is 0.483 e. The SMILES string of the molecule is Cc1ccccc1OCC(=O)NN=C1SCC(=O)N1Cc1ccccc1. The predicted octanol–water partition coefficient (Wildman–Crippen LogP) is 2.54. The lowest BCUT2D eigenvalue weighted by atomic mass is 10.2. The molecule has 0 saturated carbocycles. The van der Waals surface area contributed by atoms with Crippen molar-refractivity contribution in [1.82, 2.24) is 10.3 Å². The second-order valence-corrected chi connectivity index (χ2v) is 6.68. The van der Waals surface area contributed by atoms with Crippen LogP contribution in [0.5, 0.6) is 5.75 Å². The third kappa shape index (κ3) is 4.64. The highest BCUT2D eigenvalue weighted by Gasteiger charge is 2.28. The van der Waals surface area contributed by atoms with Gasteiger partial charge in [0.05, 0.1) is 12.3 Å². The normalized spacial score (nSPS) is 15.3. The summed E-state index contributed by atoms with van der Waals surface area (Å²) in [7, 11) is 0.